The van der Waals surface area contributed by atoms with Gasteiger partial charge in [-0.2, -0.15) is 0 Å². The Balaban J connectivity index is 0. The van der Waals surface area contributed by atoms with Gasteiger partial charge in [0.15, 0.2) is 0 Å². The second-order valence-corrected chi connectivity index (χ2v) is 5.61. The molecule has 15 heavy (non-hydrogen) atoms. The second-order valence-electron chi connectivity index (χ2n) is 4.39. The predicted octanol–water partition coefficient (Wildman–Crippen LogP) is 3.47. The van der Waals surface area contributed by atoms with E-state index in [4.69, 9.17) is 0 Å². The molecule has 0 aromatic carbocycles. The molecule has 0 saturated carbocycles. The minimum Gasteiger partial charge on any atom is -0.333 e. The standard InChI is InChI=1S/C11H23NOS.Mn/c1-6-14-11(13)12(7-9(2)3)8-10(4)5;/h9-10H,6-8H2,1-5H3;. The maximum Gasteiger partial charge on any atom is 0.281 e. The summed E-state index contributed by atoms with van der Waals surface area (Å²) in [6.07, 6.45) is 0. The third kappa shape index (κ3) is 9.28. The Morgan fingerprint density at radius 1 is 1.13 bits per heavy atom. The zero-order valence-corrected chi connectivity index (χ0v) is 12.4. The number of hydrogen-bond donors (Lipinski definition) is 0. The average molecular weight is 272 g/mol. The Kier molecular flexibility index (Phi) is 11.3. The molecule has 0 heterocycles. The third-order valence-corrected chi connectivity index (χ3v) is 2.49. The summed E-state index contributed by atoms with van der Waals surface area (Å²) in [4.78, 5) is 13.7. The summed E-state index contributed by atoms with van der Waals surface area (Å²) in [6.45, 7) is 12.4. The Hall–Kier alpha value is 0.339. The first-order valence-electron chi connectivity index (χ1n) is 5.39. The van der Waals surface area contributed by atoms with Gasteiger partial charge in [0.25, 0.3) is 5.24 Å². The van der Waals surface area contributed by atoms with Gasteiger partial charge < -0.3 is 4.90 Å². The van der Waals surface area contributed by atoms with Crippen molar-refractivity contribution in [2.24, 2.45) is 11.8 Å². The van der Waals surface area contributed by atoms with Crippen molar-refractivity contribution in [1.29, 1.82) is 0 Å². The second kappa shape index (κ2) is 9.56. The van der Waals surface area contributed by atoms with E-state index in [2.05, 4.69) is 27.7 Å². The molecule has 0 unspecified atom stereocenters. The van der Waals surface area contributed by atoms with Crippen LogP contribution in [0.2, 0.25) is 0 Å². The Morgan fingerprint density at radius 2 is 1.53 bits per heavy atom. The average Bonchev–Trinajstić information content (AvgIpc) is 2.01. The largest absolute Gasteiger partial charge is 0.333 e. The van der Waals surface area contributed by atoms with E-state index in [1.165, 1.54) is 11.8 Å². The number of carbonyl (C=O) groups is 1. The summed E-state index contributed by atoms with van der Waals surface area (Å²) in [5.41, 5.74) is 0. The van der Waals surface area contributed by atoms with E-state index in [0.29, 0.717) is 11.8 Å². The van der Waals surface area contributed by atoms with Crippen molar-refractivity contribution in [1.82, 2.24) is 4.90 Å². The summed E-state index contributed by atoms with van der Waals surface area (Å²) in [7, 11) is 0. The first kappa shape index (κ1) is 17.7. The number of thioether (sulfide) groups is 1. The number of nitrogens with zero attached hydrogens (tertiary/aromatic N) is 1. The Labute approximate surface area is 109 Å². The summed E-state index contributed by atoms with van der Waals surface area (Å²) >= 11 is 1.41. The maximum atomic E-state index is 11.7. The molecule has 0 bridgehead atoms. The van der Waals surface area contributed by atoms with E-state index in [0.717, 1.165) is 18.8 Å². The first-order valence-corrected chi connectivity index (χ1v) is 6.37. The summed E-state index contributed by atoms with van der Waals surface area (Å²) in [5.74, 6) is 1.97. The fourth-order valence-electron chi connectivity index (χ4n) is 1.32. The topological polar surface area (TPSA) is 20.3 Å². The van der Waals surface area contributed by atoms with E-state index in [1.807, 2.05) is 11.8 Å². The van der Waals surface area contributed by atoms with Crippen LogP contribution in [0.25, 0.3) is 0 Å². The van der Waals surface area contributed by atoms with E-state index in [-0.39, 0.29) is 22.3 Å². The molecule has 4 heteroatoms. The molecule has 0 aliphatic rings. The van der Waals surface area contributed by atoms with Gasteiger partial charge in [0.05, 0.1) is 0 Å². The van der Waals surface area contributed by atoms with Crippen LogP contribution in [0.3, 0.4) is 0 Å². The molecule has 0 spiro atoms. The summed E-state index contributed by atoms with van der Waals surface area (Å²) < 4.78 is 0. The van der Waals surface area contributed by atoms with Crippen LogP contribution >= 0.6 is 11.8 Å². The minimum atomic E-state index is 0. The molecule has 0 N–H and O–H groups in total. The molecule has 0 aliphatic heterocycles. The van der Waals surface area contributed by atoms with Gasteiger partial charge in [-0.15, -0.1) is 0 Å². The monoisotopic (exact) mass is 272 g/mol. The predicted molar refractivity (Wildman–Crippen MR) is 64.8 cm³/mol. The van der Waals surface area contributed by atoms with Crippen LogP contribution in [0.15, 0.2) is 0 Å². The molecule has 0 fully saturated rings. The van der Waals surface area contributed by atoms with Crippen LogP contribution in [-0.2, 0) is 17.1 Å². The van der Waals surface area contributed by atoms with Gasteiger partial charge in [0.1, 0.15) is 0 Å². The molecule has 0 atom stereocenters. The molecule has 0 aliphatic carbocycles. The van der Waals surface area contributed by atoms with E-state index in [9.17, 15) is 4.79 Å². The maximum absolute atomic E-state index is 11.7. The van der Waals surface area contributed by atoms with Gasteiger partial charge in [-0.3, -0.25) is 4.79 Å². The quantitative estimate of drug-likeness (QED) is 0.714. The van der Waals surface area contributed by atoms with E-state index < -0.39 is 0 Å². The number of carbonyl (C=O) groups excluding carboxylic acids is 1. The van der Waals surface area contributed by atoms with Crippen LogP contribution in [0, 0.1) is 11.8 Å². The fourth-order valence-corrected chi connectivity index (χ4v) is 1.90. The molecule has 2 nitrogen and oxygen atoms in total. The molecule has 0 aromatic rings. The third-order valence-electron chi connectivity index (χ3n) is 1.70. The number of rotatable bonds is 5. The first-order chi connectivity index (χ1) is 6.47. The molecule has 0 rings (SSSR count). The minimum absolute atomic E-state index is 0. The van der Waals surface area contributed by atoms with Crippen LogP contribution < -0.4 is 0 Å². The molecule has 91 valence electrons. The number of hydrogen-bond acceptors (Lipinski definition) is 2. The Bertz CT molecular complexity index is 164. The van der Waals surface area contributed by atoms with Gasteiger partial charge in [0.2, 0.25) is 0 Å². The zero-order chi connectivity index (χ0) is 11.1. The smallest absolute Gasteiger partial charge is 0.281 e. The van der Waals surface area contributed by atoms with Gasteiger partial charge in [-0.05, 0) is 17.6 Å². The van der Waals surface area contributed by atoms with E-state index in [1.54, 1.807) is 0 Å². The molecule has 1 amide bonds. The van der Waals surface area contributed by atoms with Crippen molar-refractivity contribution in [3.05, 3.63) is 0 Å². The van der Waals surface area contributed by atoms with Crippen molar-refractivity contribution >= 4 is 17.0 Å². The number of amides is 1. The molecule has 1 radical (unpaired) electrons. The van der Waals surface area contributed by atoms with Gasteiger partial charge in [-0.25, -0.2) is 0 Å². The van der Waals surface area contributed by atoms with Crippen molar-refractivity contribution in [2.75, 3.05) is 18.8 Å². The molecule has 0 saturated heterocycles. The van der Waals surface area contributed by atoms with Gasteiger partial charge in [0, 0.05) is 30.2 Å². The van der Waals surface area contributed by atoms with Crippen LogP contribution in [0.5, 0.6) is 0 Å². The fraction of sp³-hybridized carbons (Fsp3) is 0.909. The SMILES string of the molecule is CCSC(=O)N(CC(C)C)CC(C)C.[Mn]. The van der Waals surface area contributed by atoms with Crippen molar-refractivity contribution in [2.45, 2.75) is 34.6 Å². The zero-order valence-electron chi connectivity index (χ0n) is 10.4. The molecule has 0 aromatic heterocycles. The normalized spacial score (nSPS) is 10.3. The molecular formula is C11H23MnNOS. The van der Waals surface area contributed by atoms with Crippen molar-refractivity contribution < 1.29 is 21.9 Å². The van der Waals surface area contributed by atoms with Gasteiger partial charge in [-0.1, -0.05) is 46.4 Å². The van der Waals surface area contributed by atoms with Crippen molar-refractivity contribution in [3.63, 3.8) is 0 Å². The van der Waals surface area contributed by atoms with Crippen LogP contribution in [0.1, 0.15) is 34.6 Å². The van der Waals surface area contributed by atoms with Crippen LogP contribution in [-0.4, -0.2) is 29.0 Å². The molecular weight excluding hydrogens is 249 g/mol. The van der Waals surface area contributed by atoms with Gasteiger partial charge >= 0.3 is 0 Å². The van der Waals surface area contributed by atoms with Crippen LogP contribution in [0.4, 0.5) is 4.79 Å². The van der Waals surface area contributed by atoms with E-state index >= 15 is 0 Å². The Morgan fingerprint density at radius 3 is 1.80 bits per heavy atom. The van der Waals surface area contributed by atoms with Crippen molar-refractivity contribution in [3.8, 4) is 0 Å². The summed E-state index contributed by atoms with van der Waals surface area (Å²) in [6, 6.07) is 0. The summed E-state index contributed by atoms with van der Waals surface area (Å²) in [5, 5.41) is 0.231.